The van der Waals surface area contributed by atoms with Gasteiger partial charge in [0.25, 0.3) is 0 Å². The fourth-order valence-corrected chi connectivity index (χ4v) is 3.66. The summed E-state index contributed by atoms with van der Waals surface area (Å²) >= 11 is 0. The van der Waals surface area contributed by atoms with E-state index in [1.54, 1.807) is 0 Å². The van der Waals surface area contributed by atoms with Crippen LogP contribution in [0, 0.1) is 11.8 Å². The Morgan fingerprint density at radius 2 is 1.81 bits per heavy atom. The molecule has 0 aromatic heterocycles. The molecule has 1 aliphatic heterocycles. The monoisotopic (exact) mass is 295 g/mol. The predicted octanol–water partition coefficient (Wildman–Crippen LogP) is 3.78. The first-order valence-electron chi connectivity index (χ1n) is 8.35. The molecule has 1 saturated carbocycles. The standard InChI is InChI=1S/C17H29NO3/c1-17(2,3)21-16(20)18-10-9-13(12-19)11-15(18)14-7-5-4-6-8-14/h12-15H,4-11H2,1-3H3. The molecule has 0 bridgehead atoms. The third-order valence-electron chi connectivity index (χ3n) is 4.70. The predicted molar refractivity (Wildman–Crippen MR) is 82.1 cm³/mol. The van der Waals surface area contributed by atoms with Crippen LogP contribution in [0.3, 0.4) is 0 Å². The van der Waals surface area contributed by atoms with E-state index in [4.69, 9.17) is 4.74 Å². The van der Waals surface area contributed by atoms with Gasteiger partial charge in [-0.1, -0.05) is 19.3 Å². The van der Waals surface area contributed by atoms with Gasteiger partial charge in [-0.05, 0) is 52.4 Å². The smallest absolute Gasteiger partial charge is 0.410 e. The molecule has 0 aromatic rings. The molecule has 0 N–H and O–H groups in total. The Balaban J connectivity index is 2.08. The molecular weight excluding hydrogens is 266 g/mol. The van der Waals surface area contributed by atoms with Crippen molar-refractivity contribution in [3.05, 3.63) is 0 Å². The Morgan fingerprint density at radius 1 is 1.14 bits per heavy atom. The van der Waals surface area contributed by atoms with Gasteiger partial charge in [0.1, 0.15) is 11.9 Å². The van der Waals surface area contributed by atoms with Crippen molar-refractivity contribution in [2.45, 2.75) is 77.4 Å². The van der Waals surface area contributed by atoms with Gasteiger partial charge < -0.3 is 14.4 Å². The van der Waals surface area contributed by atoms with Crippen LogP contribution in [0.15, 0.2) is 0 Å². The van der Waals surface area contributed by atoms with Crippen LogP contribution >= 0.6 is 0 Å². The number of carbonyl (C=O) groups excluding carboxylic acids is 2. The van der Waals surface area contributed by atoms with Crippen LogP contribution in [-0.4, -0.2) is 35.5 Å². The molecule has 2 rings (SSSR count). The zero-order chi connectivity index (χ0) is 15.5. The van der Waals surface area contributed by atoms with Crippen LogP contribution in [0.5, 0.6) is 0 Å². The SMILES string of the molecule is CC(C)(C)OC(=O)N1CCC(C=O)CC1C1CCCCC1. The maximum absolute atomic E-state index is 12.5. The van der Waals surface area contributed by atoms with Crippen molar-refractivity contribution >= 4 is 12.4 Å². The fourth-order valence-electron chi connectivity index (χ4n) is 3.66. The lowest BCUT2D eigenvalue weighted by Gasteiger charge is -2.43. The van der Waals surface area contributed by atoms with Gasteiger partial charge in [0, 0.05) is 18.5 Å². The summed E-state index contributed by atoms with van der Waals surface area (Å²) in [5.74, 6) is 0.643. The molecule has 0 radical (unpaired) electrons. The number of hydrogen-bond donors (Lipinski definition) is 0. The van der Waals surface area contributed by atoms with Gasteiger partial charge in [-0.2, -0.15) is 0 Å². The van der Waals surface area contributed by atoms with Crippen LogP contribution < -0.4 is 0 Å². The summed E-state index contributed by atoms with van der Waals surface area (Å²) in [6.07, 6.45) is 8.59. The van der Waals surface area contributed by atoms with E-state index in [-0.39, 0.29) is 18.1 Å². The average molecular weight is 295 g/mol. The normalized spacial score (nSPS) is 28.2. The molecular formula is C17H29NO3. The first-order chi connectivity index (χ1) is 9.90. The quantitative estimate of drug-likeness (QED) is 0.728. The minimum absolute atomic E-state index is 0.107. The molecule has 0 aromatic carbocycles. The highest BCUT2D eigenvalue weighted by molar-refractivity contribution is 5.69. The van der Waals surface area contributed by atoms with Crippen molar-refractivity contribution in [1.29, 1.82) is 0 Å². The van der Waals surface area contributed by atoms with Crippen LogP contribution in [0.4, 0.5) is 4.79 Å². The van der Waals surface area contributed by atoms with Gasteiger partial charge in [-0.25, -0.2) is 4.79 Å². The molecule has 120 valence electrons. The van der Waals surface area contributed by atoms with E-state index in [1.807, 2.05) is 25.7 Å². The highest BCUT2D eigenvalue weighted by Crippen LogP contribution is 2.35. The maximum atomic E-state index is 12.5. The van der Waals surface area contributed by atoms with Crippen LogP contribution in [0.25, 0.3) is 0 Å². The summed E-state index contributed by atoms with van der Waals surface area (Å²) in [6, 6.07) is 0.184. The number of hydrogen-bond acceptors (Lipinski definition) is 3. The van der Waals surface area contributed by atoms with Gasteiger partial charge in [-0.3, -0.25) is 0 Å². The van der Waals surface area contributed by atoms with E-state index >= 15 is 0 Å². The molecule has 2 fully saturated rings. The largest absolute Gasteiger partial charge is 0.444 e. The number of aldehydes is 1. The third-order valence-corrected chi connectivity index (χ3v) is 4.70. The molecule has 0 spiro atoms. The summed E-state index contributed by atoms with van der Waals surface area (Å²) in [5, 5.41) is 0. The third kappa shape index (κ3) is 4.45. The Morgan fingerprint density at radius 3 is 2.38 bits per heavy atom. The van der Waals surface area contributed by atoms with E-state index in [2.05, 4.69) is 0 Å². The van der Waals surface area contributed by atoms with Crippen LogP contribution in [-0.2, 0) is 9.53 Å². The molecule has 2 unspecified atom stereocenters. The van der Waals surface area contributed by atoms with Crippen molar-refractivity contribution < 1.29 is 14.3 Å². The first-order valence-corrected chi connectivity index (χ1v) is 8.35. The average Bonchev–Trinajstić information content (AvgIpc) is 2.45. The molecule has 2 atom stereocenters. The Bertz CT molecular complexity index is 369. The molecule has 1 heterocycles. The minimum Gasteiger partial charge on any atom is -0.444 e. The number of carbonyl (C=O) groups is 2. The van der Waals surface area contributed by atoms with Gasteiger partial charge in [-0.15, -0.1) is 0 Å². The van der Waals surface area contributed by atoms with Gasteiger partial charge >= 0.3 is 6.09 Å². The lowest BCUT2D eigenvalue weighted by molar-refractivity contribution is -0.113. The van der Waals surface area contributed by atoms with Crippen molar-refractivity contribution in [2.24, 2.45) is 11.8 Å². The van der Waals surface area contributed by atoms with Crippen molar-refractivity contribution in [3.8, 4) is 0 Å². The molecule has 1 saturated heterocycles. The minimum atomic E-state index is -0.463. The summed E-state index contributed by atoms with van der Waals surface area (Å²) in [6.45, 7) is 6.36. The van der Waals surface area contributed by atoms with Crippen molar-refractivity contribution in [3.63, 3.8) is 0 Å². The molecule has 21 heavy (non-hydrogen) atoms. The van der Waals surface area contributed by atoms with Gasteiger partial charge in [0.2, 0.25) is 0 Å². The number of ether oxygens (including phenoxy) is 1. The Labute approximate surface area is 128 Å². The van der Waals surface area contributed by atoms with Crippen molar-refractivity contribution in [2.75, 3.05) is 6.54 Å². The zero-order valence-electron chi connectivity index (χ0n) is 13.6. The number of amides is 1. The van der Waals surface area contributed by atoms with E-state index in [0.29, 0.717) is 12.5 Å². The second kappa shape index (κ2) is 6.80. The van der Waals surface area contributed by atoms with E-state index in [1.165, 1.54) is 32.1 Å². The summed E-state index contributed by atoms with van der Waals surface area (Å²) in [7, 11) is 0. The number of nitrogens with zero attached hydrogens (tertiary/aromatic N) is 1. The molecule has 4 nitrogen and oxygen atoms in total. The summed E-state index contributed by atoms with van der Waals surface area (Å²) in [4.78, 5) is 25.5. The van der Waals surface area contributed by atoms with E-state index in [0.717, 1.165) is 19.1 Å². The highest BCUT2D eigenvalue weighted by atomic mass is 16.6. The second-order valence-electron chi connectivity index (χ2n) is 7.56. The van der Waals surface area contributed by atoms with Crippen LogP contribution in [0.2, 0.25) is 0 Å². The number of likely N-dealkylation sites (tertiary alicyclic amines) is 1. The number of rotatable bonds is 2. The topological polar surface area (TPSA) is 46.6 Å². The fraction of sp³-hybridized carbons (Fsp3) is 0.882. The van der Waals surface area contributed by atoms with Gasteiger partial charge in [0.15, 0.2) is 0 Å². The number of piperidine rings is 1. The molecule has 4 heteroatoms. The Hall–Kier alpha value is -1.06. The summed E-state index contributed by atoms with van der Waals surface area (Å²) in [5.41, 5.74) is -0.463. The van der Waals surface area contributed by atoms with Gasteiger partial charge in [0.05, 0.1) is 0 Å². The zero-order valence-corrected chi connectivity index (χ0v) is 13.6. The maximum Gasteiger partial charge on any atom is 0.410 e. The Kier molecular flexibility index (Phi) is 5.28. The lowest BCUT2D eigenvalue weighted by atomic mass is 9.77. The lowest BCUT2D eigenvalue weighted by Crippen LogP contribution is -2.51. The van der Waals surface area contributed by atoms with Crippen LogP contribution in [0.1, 0.15) is 65.7 Å². The first kappa shape index (κ1) is 16.3. The second-order valence-corrected chi connectivity index (χ2v) is 7.56. The highest BCUT2D eigenvalue weighted by Gasteiger charge is 2.38. The van der Waals surface area contributed by atoms with E-state index < -0.39 is 5.60 Å². The molecule has 2 aliphatic rings. The van der Waals surface area contributed by atoms with Crippen molar-refractivity contribution in [1.82, 2.24) is 4.90 Å². The van der Waals surface area contributed by atoms with E-state index in [9.17, 15) is 9.59 Å². The molecule has 1 aliphatic carbocycles. The molecule has 1 amide bonds. The summed E-state index contributed by atoms with van der Waals surface area (Å²) < 4.78 is 5.57.